The normalized spacial score (nSPS) is 14.8. The van der Waals surface area contributed by atoms with Gasteiger partial charge < -0.3 is 5.01 Å². The highest BCUT2D eigenvalue weighted by molar-refractivity contribution is 7.85. The van der Waals surface area contributed by atoms with Crippen LogP contribution in [-0.4, -0.2) is 25.8 Å². The van der Waals surface area contributed by atoms with Gasteiger partial charge in [0.25, 0.3) is 10.1 Å². The van der Waals surface area contributed by atoms with Crippen molar-refractivity contribution in [3.63, 3.8) is 0 Å². The van der Waals surface area contributed by atoms with Crippen molar-refractivity contribution >= 4 is 15.8 Å². The largest absolute Gasteiger partial charge is 0.311 e. The number of fused-ring (bicyclic) bond motifs is 1. The van der Waals surface area contributed by atoms with Crippen LogP contribution in [-0.2, 0) is 16.5 Å². The summed E-state index contributed by atoms with van der Waals surface area (Å²) in [5.41, 5.74) is 2.57. The minimum absolute atomic E-state index is 0.715. The van der Waals surface area contributed by atoms with Crippen molar-refractivity contribution in [3.05, 3.63) is 29.8 Å². The number of anilines is 1. The fraction of sp³-hybridized carbons (Fsp3) is 0.400. The quantitative estimate of drug-likeness (QED) is 0.521. The highest BCUT2D eigenvalue weighted by atomic mass is 32.2. The van der Waals surface area contributed by atoms with E-state index in [1.54, 1.807) is 0 Å². The van der Waals surface area contributed by atoms with Crippen molar-refractivity contribution in [3.8, 4) is 0 Å². The molecule has 3 N–H and O–H groups in total. The maximum atomic E-state index is 9.19. The third-order valence-corrected chi connectivity index (χ3v) is 2.15. The van der Waals surface area contributed by atoms with Gasteiger partial charge in [0.15, 0.2) is 0 Å². The molecule has 1 aromatic carbocycles. The minimum atomic E-state index is -3.67. The van der Waals surface area contributed by atoms with E-state index in [-0.39, 0.29) is 0 Å². The predicted molar refractivity (Wildman–Crippen MR) is 63.8 cm³/mol. The summed E-state index contributed by atoms with van der Waals surface area (Å²) in [6, 6.07) is 8.32. The van der Waals surface area contributed by atoms with Crippen molar-refractivity contribution in [2.45, 2.75) is 12.8 Å². The Morgan fingerprint density at radius 1 is 1.38 bits per heavy atom. The Balaban J connectivity index is 0.000000221. The summed E-state index contributed by atoms with van der Waals surface area (Å²) in [6.45, 7) is 0.983. The second-order valence-corrected chi connectivity index (χ2v) is 5.12. The highest BCUT2D eigenvalue weighted by Gasteiger charge is 2.11. The molecule has 1 aliphatic rings. The number of nitrogens with two attached hydrogens (primary N) is 1. The Labute approximate surface area is 95.6 Å². The van der Waals surface area contributed by atoms with Crippen LogP contribution in [0.25, 0.3) is 0 Å². The van der Waals surface area contributed by atoms with Crippen molar-refractivity contribution in [1.82, 2.24) is 0 Å². The lowest BCUT2D eigenvalue weighted by Gasteiger charge is -2.26. The van der Waals surface area contributed by atoms with Gasteiger partial charge in [0.2, 0.25) is 0 Å². The van der Waals surface area contributed by atoms with Crippen LogP contribution < -0.4 is 10.9 Å². The van der Waals surface area contributed by atoms with Gasteiger partial charge in [-0.05, 0) is 24.5 Å². The number of nitrogens with zero attached hydrogens (tertiary/aromatic N) is 1. The van der Waals surface area contributed by atoms with Gasteiger partial charge in [0.05, 0.1) is 11.9 Å². The lowest BCUT2D eigenvalue weighted by molar-refractivity contribution is 0.490. The maximum absolute atomic E-state index is 9.19. The molecule has 0 bridgehead atoms. The zero-order chi connectivity index (χ0) is 12.2. The molecule has 0 spiro atoms. The molecule has 16 heavy (non-hydrogen) atoms. The molecule has 0 saturated carbocycles. The predicted octanol–water partition coefficient (Wildman–Crippen LogP) is 0.817. The second-order valence-electron chi connectivity index (χ2n) is 3.66. The number of benzene rings is 1. The Morgan fingerprint density at radius 3 is 2.50 bits per heavy atom. The van der Waals surface area contributed by atoms with E-state index in [9.17, 15) is 8.42 Å². The smallest absolute Gasteiger partial charge is 0.261 e. The van der Waals surface area contributed by atoms with Gasteiger partial charge >= 0.3 is 0 Å². The molecule has 0 saturated heterocycles. The molecule has 6 heteroatoms. The summed E-state index contributed by atoms with van der Waals surface area (Å²) in [6.07, 6.45) is 3.06. The number of rotatable bonds is 0. The lowest BCUT2D eigenvalue weighted by Crippen LogP contribution is -2.35. The molecule has 0 aliphatic carbocycles. The van der Waals surface area contributed by atoms with Gasteiger partial charge in [-0.2, -0.15) is 8.42 Å². The van der Waals surface area contributed by atoms with Crippen LogP contribution in [0.4, 0.5) is 5.69 Å². The standard InChI is InChI=1S/C9H12N2.CH4O3S/c10-11-7-3-5-8-4-1-2-6-9(8)11;1-5(2,3)4/h1-2,4,6H,3,5,7,10H2;1H3,(H,2,3,4). The van der Waals surface area contributed by atoms with Crippen molar-refractivity contribution in [2.24, 2.45) is 5.84 Å². The fourth-order valence-corrected chi connectivity index (χ4v) is 1.56. The first kappa shape index (κ1) is 13.0. The monoisotopic (exact) mass is 244 g/mol. The Bertz CT molecular complexity index is 437. The van der Waals surface area contributed by atoms with Gasteiger partial charge in [-0.15, -0.1) is 0 Å². The van der Waals surface area contributed by atoms with Gasteiger partial charge in [0, 0.05) is 6.54 Å². The van der Waals surface area contributed by atoms with E-state index in [1.807, 2.05) is 11.1 Å². The van der Waals surface area contributed by atoms with E-state index in [0.29, 0.717) is 6.26 Å². The van der Waals surface area contributed by atoms with E-state index in [4.69, 9.17) is 10.4 Å². The molecule has 0 fully saturated rings. The van der Waals surface area contributed by atoms with Crippen molar-refractivity contribution in [1.29, 1.82) is 0 Å². The first-order chi connectivity index (χ1) is 7.38. The third kappa shape index (κ3) is 4.61. The molecule has 0 unspecified atom stereocenters. The van der Waals surface area contributed by atoms with E-state index >= 15 is 0 Å². The number of hydrogen-bond acceptors (Lipinski definition) is 4. The van der Waals surface area contributed by atoms with Crippen LogP contribution in [0.2, 0.25) is 0 Å². The van der Waals surface area contributed by atoms with Gasteiger partial charge in [0.1, 0.15) is 0 Å². The lowest BCUT2D eigenvalue weighted by atomic mass is 10.0. The Kier molecular flexibility index (Phi) is 4.28. The average Bonchev–Trinajstić information content (AvgIpc) is 2.16. The van der Waals surface area contributed by atoms with Crippen LogP contribution in [0.15, 0.2) is 24.3 Å². The van der Waals surface area contributed by atoms with E-state index < -0.39 is 10.1 Å². The topological polar surface area (TPSA) is 83.6 Å². The molecule has 1 heterocycles. The highest BCUT2D eigenvalue weighted by Crippen LogP contribution is 2.23. The van der Waals surface area contributed by atoms with Crippen LogP contribution in [0, 0.1) is 0 Å². The molecule has 0 atom stereocenters. The summed E-state index contributed by atoms with van der Waals surface area (Å²) in [5.74, 6) is 5.78. The molecule has 2 rings (SSSR count). The Morgan fingerprint density at radius 2 is 1.94 bits per heavy atom. The summed E-state index contributed by atoms with van der Waals surface area (Å²) in [4.78, 5) is 0. The van der Waals surface area contributed by atoms with Crippen LogP contribution in [0.5, 0.6) is 0 Å². The number of para-hydroxylation sites is 1. The molecular formula is C10H16N2O3S. The van der Waals surface area contributed by atoms with Gasteiger partial charge in [-0.25, -0.2) is 5.84 Å². The third-order valence-electron chi connectivity index (χ3n) is 2.15. The fourth-order valence-electron chi connectivity index (χ4n) is 1.56. The molecule has 90 valence electrons. The first-order valence-corrected chi connectivity index (χ1v) is 6.75. The zero-order valence-corrected chi connectivity index (χ0v) is 9.94. The van der Waals surface area contributed by atoms with E-state index in [2.05, 4.69) is 18.2 Å². The van der Waals surface area contributed by atoms with Crippen molar-refractivity contribution < 1.29 is 13.0 Å². The maximum Gasteiger partial charge on any atom is 0.261 e. The van der Waals surface area contributed by atoms with Crippen LogP contribution in [0.1, 0.15) is 12.0 Å². The molecule has 0 amide bonds. The Hall–Kier alpha value is -1.11. The summed E-state index contributed by atoms with van der Waals surface area (Å²) in [7, 11) is -3.67. The summed E-state index contributed by atoms with van der Waals surface area (Å²) >= 11 is 0. The summed E-state index contributed by atoms with van der Waals surface area (Å²) < 4.78 is 25.9. The second kappa shape index (κ2) is 5.29. The molecular weight excluding hydrogens is 228 g/mol. The number of hydrazine groups is 1. The van der Waals surface area contributed by atoms with Gasteiger partial charge in [-0.1, -0.05) is 18.2 Å². The minimum Gasteiger partial charge on any atom is -0.311 e. The summed E-state index contributed by atoms with van der Waals surface area (Å²) in [5, 5.41) is 1.83. The zero-order valence-electron chi connectivity index (χ0n) is 9.13. The van der Waals surface area contributed by atoms with E-state index in [1.165, 1.54) is 24.1 Å². The van der Waals surface area contributed by atoms with Crippen LogP contribution >= 0.6 is 0 Å². The van der Waals surface area contributed by atoms with Gasteiger partial charge in [-0.3, -0.25) is 4.55 Å². The number of hydrogen-bond donors (Lipinski definition) is 2. The van der Waals surface area contributed by atoms with Crippen LogP contribution in [0.3, 0.4) is 0 Å². The average molecular weight is 244 g/mol. The van der Waals surface area contributed by atoms with E-state index in [0.717, 1.165) is 6.54 Å². The molecule has 5 nitrogen and oxygen atoms in total. The molecule has 0 aromatic heterocycles. The SMILES string of the molecule is CS(=O)(=O)O.NN1CCCc2ccccc21. The molecule has 1 aromatic rings. The molecule has 0 radical (unpaired) electrons. The molecule has 1 aliphatic heterocycles. The number of aryl methyl sites for hydroxylation is 1. The van der Waals surface area contributed by atoms with Crippen molar-refractivity contribution in [2.75, 3.05) is 17.8 Å². The first-order valence-electron chi connectivity index (χ1n) is 4.90.